The highest BCUT2D eigenvalue weighted by atomic mass is 16.5. The molecule has 0 radical (unpaired) electrons. The fraction of sp³-hybridized carbons (Fsp3) is 0.318. The number of methoxy groups -OCH3 is 3. The molecule has 2 aromatic rings. The van der Waals surface area contributed by atoms with Gasteiger partial charge in [0.1, 0.15) is 5.56 Å². The Morgan fingerprint density at radius 1 is 1.06 bits per heavy atom. The molecule has 0 saturated heterocycles. The van der Waals surface area contributed by atoms with Gasteiger partial charge in [0.25, 0.3) is 0 Å². The number of hydrogen-bond donors (Lipinski definition) is 3. The number of hydrogen-bond acceptors (Lipinski definition) is 6. The van der Waals surface area contributed by atoms with Gasteiger partial charge >= 0.3 is 12.0 Å². The summed E-state index contributed by atoms with van der Waals surface area (Å²) in [6, 6.07) is 4.98. The van der Waals surface area contributed by atoms with Crippen molar-refractivity contribution >= 4 is 12.0 Å². The largest absolute Gasteiger partial charge is 0.493 e. The predicted molar refractivity (Wildman–Crippen MR) is 113 cm³/mol. The minimum atomic E-state index is -1.33. The third-order valence-electron chi connectivity index (χ3n) is 5.30. The summed E-state index contributed by atoms with van der Waals surface area (Å²) in [6.45, 7) is 0. The Hall–Kier alpha value is -3.75. The van der Waals surface area contributed by atoms with Crippen molar-refractivity contribution in [2.75, 3.05) is 28.4 Å². The van der Waals surface area contributed by atoms with Crippen LogP contribution in [-0.2, 0) is 6.42 Å². The molecule has 9 heteroatoms. The number of amides is 2. The minimum absolute atomic E-state index is 0.368. The van der Waals surface area contributed by atoms with Crippen molar-refractivity contribution in [3.8, 4) is 28.4 Å². The number of carbonyl (C=O) groups is 2. The number of aromatic carboxylic acids is 1. The van der Waals surface area contributed by atoms with Crippen LogP contribution in [0.3, 0.4) is 0 Å². The smallest absolute Gasteiger partial charge is 0.339 e. The second-order valence-corrected chi connectivity index (χ2v) is 6.92. The Balaban J connectivity index is 2.41. The van der Waals surface area contributed by atoms with Gasteiger partial charge in [0.2, 0.25) is 5.75 Å². The Bertz CT molecular complexity index is 1100. The average Bonchev–Trinajstić information content (AvgIpc) is 3.01. The van der Waals surface area contributed by atoms with Gasteiger partial charge in [0.15, 0.2) is 16.9 Å². The highest BCUT2D eigenvalue weighted by Gasteiger charge is 2.30. The molecule has 3 N–H and O–H groups in total. The number of carboxylic acid groups (broad SMARTS) is 1. The van der Waals surface area contributed by atoms with E-state index in [9.17, 15) is 19.5 Å². The molecular formula is C22H24N2O7. The number of carbonyl (C=O) groups excluding carboxylic acids is 1. The first-order valence-corrected chi connectivity index (χ1v) is 9.58. The fourth-order valence-corrected chi connectivity index (χ4v) is 3.87. The van der Waals surface area contributed by atoms with Gasteiger partial charge in [0.05, 0.1) is 27.4 Å². The normalized spacial score (nSPS) is 14.4. The molecule has 1 aliphatic rings. The van der Waals surface area contributed by atoms with Crippen LogP contribution < -0.4 is 30.3 Å². The lowest BCUT2D eigenvalue weighted by molar-refractivity contribution is 0.0695. The number of aryl methyl sites for hydroxylation is 1. The summed E-state index contributed by atoms with van der Waals surface area (Å²) in [4.78, 5) is 36.3. The number of rotatable bonds is 5. The SMILES string of the molecule is CNC(=O)N[C@H]1CCc2cc(OC)c(OC)c(OC)c2-c2ccc(C(=O)O)c(=O)cc21. The summed E-state index contributed by atoms with van der Waals surface area (Å²) < 4.78 is 16.6. The molecule has 0 spiro atoms. The number of fused-ring (bicyclic) bond motifs is 3. The van der Waals surface area contributed by atoms with Crippen LogP contribution in [0, 0.1) is 0 Å². The van der Waals surface area contributed by atoms with Gasteiger partial charge in [0, 0.05) is 12.6 Å². The third-order valence-corrected chi connectivity index (χ3v) is 5.30. The van der Waals surface area contributed by atoms with E-state index in [-0.39, 0.29) is 5.56 Å². The topological polar surface area (TPSA) is 123 Å². The molecule has 1 atom stereocenters. The van der Waals surface area contributed by atoms with E-state index in [1.807, 2.05) is 6.07 Å². The number of benzene rings is 1. The van der Waals surface area contributed by atoms with Crippen LogP contribution in [-0.4, -0.2) is 45.5 Å². The summed E-state index contributed by atoms with van der Waals surface area (Å²) in [6.07, 6.45) is 1.01. The lowest BCUT2D eigenvalue weighted by atomic mass is 9.95. The van der Waals surface area contributed by atoms with Crippen molar-refractivity contribution in [3.63, 3.8) is 0 Å². The van der Waals surface area contributed by atoms with E-state index in [0.29, 0.717) is 46.8 Å². The van der Waals surface area contributed by atoms with Gasteiger partial charge in [-0.3, -0.25) is 4.79 Å². The summed E-state index contributed by atoms with van der Waals surface area (Å²) in [5, 5.41) is 14.8. The molecule has 9 nitrogen and oxygen atoms in total. The predicted octanol–water partition coefficient (Wildman–Crippen LogP) is 2.35. The van der Waals surface area contributed by atoms with Gasteiger partial charge in [-0.25, -0.2) is 9.59 Å². The van der Waals surface area contributed by atoms with Crippen LogP contribution in [0.15, 0.2) is 29.1 Å². The van der Waals surface area contributed by atoms with E-state index < -0.39 is 23.5 Å². The summed E-state index contributed by atoms with van der Waals surface area (Å²) in [7, 11) is 6.00. The molecule has 164 valence electrons. The van der Waals surface area contributed by atoms with Crippen LogP contribution >= 0.6 is 0 Å². The average molecular weight is 428 g/mol. The van der Waals surface area contributed by atoms with Gasteiger partial charge in [-0.2, -0.15) is 0 Å². The molecule has 2 aromatic carbocycles. The van der Waals surface area contributed by atoms with Gasteiger partial charge in [-0.05, 0) is 47.7 Å². The van der Waals surface area contributed by atoms with Gasteiger partial charge in [-0.1, -0.05) is 6.07 Å². The molecule has 0 bridgehead atoms. The summed E-state index contributed by atoms with van der Waals surface area (Å²) >= 11 is 0. The Morgan fingerprint density at radius 3 is 2.35 bits per heavy atom. The van der Waals surface area contributed by atoms with Crippen molar-refractivity contribution in [1.82, 2.24) is 10.6 Å². The van der Waals surface area contributed by atoms with Crippen LogP contribution in [0.25, 0.3) is 11.1 Å². The monoisotopic (exact) mass is 428 g/mol. The van der Waals surface area contributed by atoms with E-state index in [0.717, 1.165) is 5.56 Å². The number of urea groups is 1. The zero-order chi connectivity index (χ0) is 22.7. The molecule has 0 fully saturated rings. The molecule has 0 aromatic heterocycles. The Labute approximate surface area is 178 Å². The highest BCUT2D eigenvalue weighted by molar-refractivity contribution is 5.89. The molecule has 1 aliphatic carbocycles. The quantitative estimate of drug-likeness (QED) is 0.668. The van der Waals surface area contributed by atoms with Crippen molar-refractivity contribution in [2.24, 2.45) is 0 Å². The molecule has 2 amide bonds. The molecule has 3 rings (SSSR count). The lowest BCUT2D eigenvalue weighted by Crippen LogP contribution is -2.36. The van der Waals surface area contributed by atoms with E-state index in [2.05, 4.69) is 10.6 Å². The molecule has 0 unspecified atom stereocenters. The number of carboxylic acids is 1. The second-order valence-electron chi connectivity index (χ2n) is 6.92. The molecule has 0 heterocycles. The number of ether oxygens (including phenoxy) is 3. The first-order valence-electron chi connectivity index (χ1n) is 9.58. The highest BCUT2D eigenvalue weighted by Crippen LogP contribution is 2.50. The first-order chi connectivity index (χ1) is 14.9. The molecule has 0 aliphatic heterocycles. The van der Waals surface area contributed by atoms with Crippen LogP contribution in [0.1, 0.15) is 33.9 Å². The zero-order valence-corrected chi connectivity index (χ0v) is 17.7. The summed E-state index contributed by atoms with van der Waals surface area (Å²) in [5.74, 6) is -0.0761. The van der Waals surface area contributed by atoms with Gasteiger partial charge in [-0.15, -0.1) is 0 Å². The first kappa shape index (κ1) is 21.9. The molecular weight excluding hydrogens is 404 g/mol. The minimum Gasteiger partial charge on any atom is -0.493 e. The Morgan fingerprint density at radius 2 is 1.77 bits per heavy atom. The zero-order valence-electron chi connectivity index (χ0n) is 17.7. The fourth-order valence-electron chi connectivity index (χ4n) is 3.87. The second kappa shape index (κ2) is 8.95. The van der Waals surface area contributed by atoms with E-state index >= 15 is 0 Å². The van der Waals surface area contributed by atoms with Crippen molar-refractivity contribution in [3.05, 3.63) is 51.2 Å². The van der Waals surface area contributed by atoms with Crippen LogP contribution in [0.5, 0.6) is 17.2 Å². The van der Waals surface area contributed by atoms with E-state index in [4.69, 9.17) is 14.2 Å². The van der Waals surface area contributed by atoms with Crippen molar-refractivity contribution in [2.45, 2.75) is 18.9 Å². The maximum absolute atomic E-state index is 12.7. The van der Waals surface area contributed by atoms with Crippen molar-refractivity contribution < 1.29 is 28.9 Å². The maximum atomic E-state index is 12.7. The Kier molecular flexibility index (Phi) is 6.33. The van der Waals surface area contributed by atoms with Crippen LogP contribution in [0.4, 0.5) is 4.79 Å². The van der Waals surface area contributed by atoms with E-state index in [1.54, 1.807) is 6.07 Å². The summed E-state index contributed by atoms with van der Waals surface area (Å²) in [5.41, 5.74) is 1.55. The standard InChI is InChI=1S/C22H24N2O7/c1-23-22(28)24-15-8-5-11-9-17(29-2)19(30-3)20(31-4)18(11)12-6-7-13(21(26)27)16(25)10-14(12)15/h6-7,9-10,15H,5,8H2,1-4H3,(H,26,27)(H2,23,24,28)/t15-/m0/s1. The van der Waals surface area contributed by atoms with Crippen molar-refractivity contribution in [1.29, 1.82) is 0 Å². The van der Waals surface area contributed by atoms with Gasteiger partial charge < -0.3 is 30.0 Å². The van der Waals surface area contributed by atoms with E-state index in [1.165, 1.54) is 40.5 Å². The molecule has 31 heavy (non-hydrogen) atoms. The number of nitrogens with one attached hydrogen (secondary N) is 2. The molecule has 0 saturated carbocycles. The maximum Gasteiger partial charge on any atom is 0.339 e. The van der Waals surface area contributed by atoms with Crippen LogP contribution in [0.2, 0.25) is 0 Å². The lowest BCUT2D eigenvalue weighted by Gasteiger charge is -2.19. The third kappa shape index (κ3) is 3.98.